The number of nitrogens with zero attached hydrogens (tertiary/aromatic N) is 1. The Hall–Kier alpha value is -2.89. The Morgan fingerprint density at radius 1 is 1.17 bits per heavy atom. The first-order chi connectivity index (χ1) is 11.1. The largest absolute Gasteiger partial charge is 0.355 e. The first kappa shape index (κ1) is 15.0. The Labute approximate surface area is 133 Å². The monoisotopic (exact) mass is 311 g/mol. The number of rotatable bonds is 6. The van der Waals surface area contributed by atoms with E-state index in [0.717, 1.165) is 0 Å². The van der Waals surface area contributed by atoms with Gasteiger partial charge in [-0.15, -0.1) is 0 Å². The van der Waals surface area contributed by atoms with E-state index < -0.39 is 4.92 Å². The molecule has 0 atom stereocenters. The maximum Gasteiger partial charge on any atom is 0.271 e. The molecule has 0 spiro atoms. The first-order valence-corrected chi connectivity index (χ1v) is 7.52. The van der Waals surface area contributed by atoms with Crippen LogP contribution >= 0.6 is 0 Å². The molecule has 0 heterocycles. The minimum absolute atomic E-state index is 0.00525. The van der Waals surface area contributed by atoms with Gasteiger partial charge in [0.25, 0.3) is 11.6 Å². The zero-order chi connectivity index (χ0) is 16.2. The van der Waals surface area contributed by atoms with E-state index in [-0.39, 0.29) is 11.6 Å². The van der Waals surface area contributed by atoms with Gasteiger partial charge in [-0.05, 0) is 37.0 Å². The zero-order valence-electron chi connectivity index (χ0n) is 12.5. The summed E-state index contributed by atoms with van der Waals surface area (Å²) < 4.78 is 0. The Balaban J connectivity index is 1.78. The van der Waals surface area contributed by atoms with Crippen LogP contribution in [0, 0.1) is 16.0 Å². The van der Waals surface area contributed by atoms with E-state index in [9.17, 15) is 14.9 Å². The molecule has 2 aromatic carbocycles. The highest BCUT2D eigenvalue weighted by Crippen LogP contribution is 2.28. The number of carbonyl (C=O) groups excluding carboxylic acids is 1. The highest BCUT2D eigenvalue weighted by molar-refractivity contribution is 6.00. The van der Waals surface area contributed by atoms with Gasteiger partial charge in [0.15, 0.2) is 0 Å². The molecule has 0 aromatic heterocycles. The summed E-state index contributed by atoms with van der Waals surface area (Å²) in [6.45, 7) is 0.698. The van der Waals surface area contributed by atoms with Crippen LogP contribution in [0.1, 0.15) is 23.2 Å². The van der Waals surface area contributed by atoms with Crippen molar-refractivity contribution in [3.05, 3.63) is 64.2 Å². The lowest BCUT2D eigenvalue weighted by Gasteiger charge is -2.12. The van der Waals surface area contributed by atoms with Crippen LogP contribution in [0.2, 0.25) is 0 Å². The van der Waals surface area contributed by atoms with Gasteiger partial charge in [-0.2, -0.15) is 0 Å². The Morgan fingerprint density at radius 2 is 1.96 bits per heavy atom. The van der Waals surface area contributed by atoms with Gasteiger partial charge in [0.2, 0.25) is 0 Å². The van der Waals surface area contributed by atoms with Crippen molar-refractivity contribution in [1.82, 2.24) is 5.32 Å². The molecule has 6 nitrogen and oxygen atoms in total. The summed E-state index contributed by atoms with van der Waals surface area (Å²) in [6, 6.07) is 13.3. The van der Waals surface area contributed by atoms with Gasteiger partial charge in [0, 0.05) is 24.4 Å². The number of non-ortho nitro benzene ring substituents is 1. The molecular weight excluding hydrogens is 294 g/mol. The van der Waals surface area contributed by atoms with E-state index in [2.05, 4.69) is 10.6 Å². The van der Waals surface area contributed by atoms with Crippen molar-refractivity contribution in [3.63, 3.8) is 0 Å². The standard InChI is InChI=1S/C17H17N3O3/c21-17(18-11-12-8-9-12)15-6-1-2-7-16(15)19-13-4-3-5-14(10-13)20(22)23/h1-7,10,12,19H,8-9,11H2,(H,18,21). The van der Waals surface area contributed by atoms with Crippen LogP contribution in [0.15, 0.2) is 48.5 Å². The number of benzene rings is 2. The summed E-state index contributed by atoms with van der Waals surface area (Å²) in [5, 5.41) is 16.9. The number of hydrogen-bond acceptors (Lipinski definition) is 4. The van der Waals surface area contributed by atoms with Crippen LogP contribution in [0.3, 0.4) is 0 Å². The van der Waals surface area contributed by atoms with Crippen molar-refractivity contribution in [2.75, 3.05) is 11.9 Å². The lowest BCUT2D eigenvalue weighted by molar-refractivity contribution is -0.384. The van der Waals surface area contributed by atoms with E-state index in [0.29, 0.717) is 29.4 Å². The summed E-state index contributed by atoms with van der Waals surface area (Å²) in [7, 11) is 0. The zero-order valence-corrected chi connectivity index (χ0v) is 12.5. The highest BCUT2D eigenvalue weighted by atomic mass is 16.6. The van der Waals surface area contributed by atoms with Gasteiger partial charge < -0.3 is 10.6 Å². The maximum absolute atomic E-state index is 12.3. The fourth-order valence-electron chi connectivity index (χ4n) is 2.30. The van der Waals surface area contributed by atoms with Crippen molar-refractivity contribution < 1.29 is 9.72 Å². The Bertz CT molecular complexity index is 741. The van der Waals surface area contributed by atoms with Crippen LogP contribution in [0.4, 0.5) is 17.1 Å². The second kappa shape index (κ2) is 6.48. The minimum atomic E-state index is -0.445. The minimum Gasteiger partial charge on any atom is -0.355 e. The average Bonchev–Trinajstić information content (AvgIpc) is 3.38. The van der Waals surface area contributed by atoms with E-state index in [4.69, 9.17) is 0 Å². The predicted molar refractivity (Wildman–Crippen MR) is 87.9 cm³/mol. The SMILES string of the molecule is O=C(NCC1CC1)c1ccccc1Nc1cccc([N+](=O)[O-])c1. The average molecular weight is 311 g/mol. The van der Waals surface area contributed by atoms with Crippen LogP contribution in [-0.4, -0.2) is 17.4 Å². The van der Waals surface area contributed by atoms with Crippen molar-refractivity contribution in [2.24, 2.45) is 5.92 Å². The molecule has 0 bridgehead atoms. The fraction of sp³-hybridized carbons (Fsp3) is 0.235. The summed E-state index contributed by atoms with van der Waals surface area (Å²) >= 11 is 0. The number of nitrogens with one attached hydrogen (secondary N) is 2. The number of anilines is 2. The van der Waals surface area contributed by atoms with Gasteiger partial charge in [-0.3, -0.25) is 14.9 Å². The summed E-state index contributed by atoms with van der Waals surface area (Å²) in [5.41, 5.74) is 1.73. The molecule has 1 amide bonds. The number of nitro groups is 1. The van der Waals surface area contributed by atoms with Crippen molar-refractivity contribution in [2.45, 2.75) is 12.8 Å². The molecular formula is C17H17N3O3. The van der Waals surface area contributed by atoms with Crippen LogP contribution < -0.4 is 10.6 Å². The predicted octanol–water partition coefficient (Wildman–Crippen LogP) is 3.48. The number of hydrogen-bond donors (Lipinski definition) is 2. The van der Waals surface area contributed by atoms with Crippen LogP contribution in [0.25, 0.3) is 0 Å². The molecule has 1 aliphatic rings. The van der Waals surface area contributed by atoms with Crippen molar-refractivity contribution in [3.8, 4) is 0 Å². The Morgan fingerprint density at radius 3 is 2.70 bits per heavy atom. The number of amides is 1. The number of carbonyl (C=O) groups is 1. The topological polar surface area (TPSA) is 84.3 Å². The molecule has 0 saturated heterocycles. The first-order valence-electron chi connectivity index (χ1n) is 7.52. The quantitative estimate of drug-likeness (QED) is 0.632. The summed E-state index contributed by atoms with van der Waals surface area (Å²) in [6.07, 6.45) is 2.35. The van der Waals surface area contributed by atoms with Gasteiger partial charge in [-0.25, -0.2) is 0 Å². The van der Waals surface area contributed by atoms with Crippen LogP contribution in [-0.2, 0) is 0 Å². The summed E-state index contributed by atoms with van der Waals surface area (Å²) in [5.74, 6) is 0.473. The maximum atomic E-state index is 12.3. The van der Waals surface area contributed by atoms with E-state index in [1.807, 2.05) is 6.07 Å². The smallest absolute Gasteiger partial charge is 0.271 e. The normalized spacial score (nSPS) is 13.4. The van der Waals surface area contributed by atoms with Crippen LogP contribution in [0.5, 0.6) is 0 Å². The number of para-hydroxylation sites is 1. The molecule has 0 radical (unpaired) electrons. The van der Waals surface area contributed by atoms with Gasteiger partial charge >= 0.3 is 0 Å². The summed E-state index contributed by atoms with van der Waals surface area (Å²) in [4.78, 5) is 22.7. The molecule has 3 rings (SSSR count). The van der Waals surface area contributed by atoms with Gasteiger partial charge in [0.05, 0.1) is 16.2 Å². The molecule has 23 heavy (non-hydrogen) atoms. The Kier molecular flexibility index (Phi) is 4.23. The molecule has 0 aliphatic heterocycles. The second-order valence-electron chi connectivity index (χ2n) is 5.63. The number of nitro benzene ring substituents is 1. The van der Waals surface area contributed by atoms with E-state index >= 15 is 0 Å². The van der Waals surface area contributed by atoms with Gasteiger partial charge in [0.1, 0.15) is 0 Å². The van der Waals surface area contributed by atoms with Crippen molar-refractivity contribution >= 4 is 23.0 Å². The third-order valence-corrected chi connectivity index (χ3v) is 3.76. The molecule has 1 saturated carbocycles. The fourth-order valence-corrected chi connectivity index (χ4v) is 2.30. The second-order valence-corrected chi connectivity index (χ2v) is 5.63. The molecule has 6 heteroatoms. The van der Waals surface area contributed by atoms with Gasteiger partial charge in [-0.1, -0.05) is 18.2 Å². The third kappa shape index (κ3) is 3.85. The molecule has 1 fully saturated rings. The van der Waals surface area contributed by atoms with Crippen molar-refractivity contribution in [1.29, 1.82) is 0 Å². The molecule has 0 unspecified atom stereocenters. The van der Waals surface area contributed by atoms with E-state index in [1.165, 1.54) is 25.0 Å². The molecule has 118 valence electrons. The van der Waals surface area contributed by atoms with E-state index in [1.54, 1.807) is 30.3 Å². The highest BCUT2D eigenvalue weighted by Gasteiger charge is 2.22. The third-order valence-electron chi connectivity index (χ3n) is 3.76. The molecule has 2 aromatic rings. The lowest BCUT2D eigenvalue weighted by Crippen LogP contribution is -2.26. The molecule has 2 N–H and O–H groups in total. The lowest BCUT2D eigenvalue weighted by atomic mass is 10.1. The molecule has 1 aliphatic carbocycles.